The molecule has 17 heteroatoms. The number of benzene rings is 2. The van der Waals surface area contributed by atoms with Gasteiger partial charge in [-0.1, -0.05) is 82.6 Å². The Kier molecular flexibility index (Phi) is 15.0. The number of likely N-dealkylation sites (tertiary alicyclic amines) is 1. The third-order valence-electron chi connectivity index (χ3n) is 14.5. The third-order valence-corrected chi connectivity index (χ3v) is 15.8. The molecule has 70 heavy (non-hydrogen) atoms. The molecule has 0 bridgehead atoms. The van der Waals surface area contributed by atoms with Gasteiger partial charge in [-0.3, -0.25) is 19.3 Å². The van der Waals surface area contributed by atoms with Crippen molar-refractivity contribution in [2.45, 2.75) is 111 Å². The highest BCUT2D eigenvalue weighted by molar-refractivity contribution is 7.13. The lowest BCUT2D eigenvalue weighted by molar-refractivity contribution is -0.164. The number of hydrogen-bond acceptors (Lipinski definition) is 13. The third kappa shape index (κ3) is 10.6. The van der Waals surface area contributed by atoms with Crippen LogP contribution < -0.4 is 20.3 Å². The van der Waals surface area contributed by atoms with Gasteiger partial charge < -0.3 is 34.8 Å². The summed E-state index contributed by atoms with van der Waals surface area (Å²) in [7, 11) is 0. The standard InChI is InChI=1S/C53H64ClN9O6S/c1-31(2)45(49(67)63-29-39(64)25-42(63)48(66)58-32(3)34-11-13-35(14-12-34)46-33(4)57-30-70-46)43-24-38(60-69-43)10-9-19-61-20-22-62(23-21-61)44-18-16-37(28-56-44)47(65)59-50-52(5,6)51(53(50,7)8)68-40-17-15-36(27-55)41(54)26-40/h11-18,24,26,28,30-32,39,42,45,50-51,64H,9-10,19-23,25,29H2,1-8H3,(H,58,66)(H,59,65)/t32-,39+,42-,45-,50?,51?/m0/s1. The number of β-amino-alcohol motifs (C(OH)–C–C–N with tert-alkyl or cyclic N) is 1. The average molecular weight is 991 g/mol. The lowest BCUT2D eigenvalue weighted by Crippen LogP contribution is -2.74. The predicted octanol–water partition coefficient (Wildman–Crippen LogP) is 7.97. The summed E-state index contributed by atoms with van der Waals surface area (Å²) in [5.41, 5.74) is 5.70. The van der Waals surface area contributed by atoms with E-state index in [1.54, 1.807) is 35.7 Å². The molecule has 5 heterocycles. The second kappa shape index (κ2) is 20.8. The lowest BCUT2D eigenvalue weighted by Gasteiger charge is -2.63. The van der Waals surface area contributed by atoms with E-state index < -0.39 is 18.1 Å². The number of ether oxygens (including phenoxy) is 1. The number of nitriles is 1. The molecule has 15 nitrogen and oxygen atoms in total. The number of thiazole rings is 1. The van der Waals surface area contributed by atoms with Gasteiger partial charge in [0.15, 0.2) is 0 Å². The maximum Gasteiger partial charge on any atom is 0.253 e. The van der Waals surface area contributed by atoms with Gasteiger partial charge in [0.1, 0.15) is 41.5 Å². The van der Waals surface area contributed by atoms with E-state index in [0.717, 1.165) is 72.4 Å². The van der Waals surface area contributed by atoms with Gasteiger partial charge in [0.2, 0.25) is 11.8 Å². The monoisotopic (exact) mass is 989 g/mol. The first-order valence-corrected chi connectivity index (χ1v) is 25.5. The van der Waals surface area contributed by atoms with Gasteiger partial charge in [-0.25, -0.2) is 9.97 Å². The summed E-state index contributed by atoms with van der Waals surface area (Å²) in [6.45, 7) is 20.4. The van der Waals surface area contributed by atoms with Gasteiger partial charge in [-0.15, -0.1) is 11.3 Å². The first kappa shape index (κ1) is 50.5. The number of nitrogens with one attached hydrogen (secondary N) is 2. The molecule has 3 amide bonds. The van der Waals surface area contributed by atoms with E-state index in [1.165, 1.54) is 4.90 Å². The molecule has 8 rings (SSSR count). The quantitative estimate of drug-likeness (QED) is 0.0866. The first-order valence-electron chi connectivity index (χ1n) is 24.2. The minimum absolute atomic E-state index is 0.0696. The normalized spacial score (nSPS) is 21.7. The number of aromatic nitrogens is 3. The lowest BCUT2D eigenvalue weighted by atomic mass is 9.49. The maximum atomic E-state index is 14.3. The highest BCUT2D eigenvalue weighted by atomic mass is 35.5. The number of aliphatic hydroxyl groups is 1. The fraction of sp³-hybridized carbons (Fsp3) is 0.491. The number of halogens is 1. The van der Waals surface area contributed by atoms with E-state index in [9.17, 15) is 24.8 Å². The number of piperazine rings is 1. The molecular formula is C53H64ClN9O6S. The molecule has 1 aliphatic carbocycles. The Hall–Kier alpha value is -5.86. The fourth-order valence-electron chi connectivity index (χ4n) is 10.9. The largest absolute Gasteiger partial charge is 0.489 e. The van der Waals surface area contributed by atoms with E-state index in [0.29, 0.717) is 34.1 Å². The summed E-state index contributed by atoms with van der Waals surface area (Å²) in [6, 6.07) is 19.5. The smallest absolute Gasteiger partial charge is 0.253 e. The molecule has 2 saturated heterocycles. The van der Waals surface area contributed by atoms with Crippen LogP contribution in [0, 0.1) is 35.0 Å². The van der Waals surface area contributed by atoms with E-state index in [-0.39, 0.29) is 65.6 Å². The minimum Gasteiger partial charge on any atom is -0.489 e. The average Bonchev–Trinajstić information content (AvgIpc) is 4.10. The topological polar surface area (TPSA) is 190 Å². The molecule has 3 N–H and O–H groups in total. The molecule has 3 fully saturated rings. The molecule has 3 aromatic heterocycles. The number of carbonyl (C=O) groups excluding carboxylic acids is 3. The van der Waals surface area contributed by atoms with Crippen molar-refractivity contribution in [2.24, 2.45) is 16.7 Å². The summed E-state index contributed by atoms with van der Waals surface area (Å²) in [6.07, 6.45) is 2.32. The molecule has 2 aliphatic heterocycles. The molecule has 370 valence electrons. The number of aliphatic hydroxyl groups excluding tert-OH is 1. The van der Waals surface area contributed by atoms with Crippen LogP contribution in [0.5, 0.6) is 5.75 Å². The summed E-state index contributed by atoms with van der Waals surface area (Å²) in [4.78, 5) is 57.8. The van der Waals surface area contributed by atoms with E-state index in [2.05, 4.69) is 64.3 Å². The Morgan fingerprint density at radius 3 is 2.36 bits per heavy atom. The van der Waals surface area contributed by atoms with Crippen molar-refractivity contribution in [3.63, 3.8) is 0 Å². The highest BCUT2D eigenvalue weighted by Gasteiger charge is 2.64. The number of rotatable bonds is 16. The van der Waals surface area contributed by atoms with Crippen LogP contribution in [0.1, 0.15) is 112 Å². The molecule has 2 aromatic carbocycles. The van der Waals surface area contributed by atoms with Crippen LogP contribution in [-0.4, -0.2) is 111 Å². The number of nitrogens with zero attached hydrogens (tertiary/aromatic N) is 7. The van der Waals surface area contributed by atoms with Crippen LogP contribution in [0.2, 0.25) is 5.02 Å². The molecule has 4 atom stereocenters. The van der Waals surface area contributed by atoms with Crippen molar-refractivity contribution in [1.29, 1.82) is 5.26 Å². The Balaban J connectivity index is 0.786. The number of aryl methyl sites for hydroxylation is 2. The van der Waals surface area contributed by atoms with Crippen molar-refractivity contribution >= 4 is 46.5 Å². The molecule has 5 aromatic rings. The first-order chi connectivity index (χ1) is 33.3. The van der Waals surface area contributed by atoms with Crippen molar-refractivity contribution < 1.29 is 28.8 Å². The van der Waals surface area contributed by atoms with Crippen LogP contribution in [0.3, 0.4) is 0 Å². The summed E-state index contributed by atoms with van der Waals surface area (Å²) >= 11 is 7.85. The van der Waals surface area contributed by atoms with Gasteiger partial charge in [-0.05, 0) is 74.5 Å². The number of pyridine rings is 1. The summed E-state index contributed by atoms with van der Waals surface area (Å²) in [5.74, 6) is 0.325. The number of anilines is 1. The molecule has 1 saturated carbocycles. The van der Waals surface area contributed by atoms with E-state index in [4.69, 9.17) is 25.8 Å². The summed E-state index contributed by atoms with van der Waals surface area (Å²) < 4.78 is 12.2. The van der Waals surface area contributed by atoms with Crippen molar-refractivity contribution in [3.8, 4) is 22.3 Å². The Morgan fingerprint density at radius 1 is 1.00 bits per heavy atom. The van der Waals surface area contributed by atoms with Gasteiger partial charge in [0, 0.05) is 74.3 Å². The summed E-state index contributed by atoms with van der Waals surface area (Å²) in [5, 5.41) is 31.0. The zero-order valence-corrected chi connectivity index (χ0v) is 42.8. The van der Waals surface area contributed by atoms with Gasteiger partial charge in [0.05, 0.1) is 50.1 Å². The van der Waals surface area contributed by atoms with Crippen molar-refractivity contribution in [1.82, 2.24) is 35.6 Å². The maximum absolute atomic E-state index is 14.3. The van der Waals surface area contributed by atoms with Crippen LogP contribution in [0.4, 0.5) is 5.82 Å². The van der Waals surface area contributed by atoms with E-state index >= 15 is 0 Å². The van der Waals surface area contributed by atoms with Crippen LogP contribution in [-0.2, 0) is 16.0 Å². The van der Waals surface area contributed by atoms with Gasteiger partial charge in [-0.2, -0.15) is 5.26 Å². The Bertz CT molecular complexity index is 2690. The molecule has 0 unspecified atom stereocenters. The zero-order chi connectivity index (χ0) is 50.1. The number of carbonyl (C=O) groups is 3. The number of amides is 3. The molecule has 0 spiro atoms. The second-order valence-electron chi connectivity index (χ2n) is 20.6. The van der Waals surface area contributed by atoms with Crippen molar-refractivity contribution in [3.05, 3.63) is 111 Å². The predicted molar refractivity (Wildman–Crippen MR) is 270 cm³/mol. The van der Waals surface area contributed by atoms with E-state index in [1.807, 2.05) is 75.7 Å². The Morgan fingerprint density at radius 2 is 1.73 bits per heavy atom. The fourth-order valence-corrected chi connectivity index (χ4v) is 11.9. The highest BCUT2D eigenvalue weighted by Crippen LogP contribution is 2.55. The van der Waals surface area contributed by atoms with Crippen LogP contribution in [0.15, 0.2) is 76.9 Å². The Labute approximate surface area is 419 Å². The zero-order valence-electron chi connectivity index (χ0n) is 41.2. The molecule has 0 radical (unpaired) electrons. The molecular weight excluding hydrogens is 926 g/mol. The van der Waals surface area contributed by atoms with Crippen molar-refractivity contribution in [2.75, 3.05) is 44.2 Å². The van der Waals surface area contributed by atoms with Gasteiger partial charge in [0.25, 0.3) is 5.91 Å². The SMILES string of the molecule is Cc1ncsc1-c1ccc([C@H](C)NC(=O)[C@@H]2C[C@@H](O)CN2C(=O)[C@H](c2cc(CCCN3CCN(c4ccc(C(=O)NC5C(C)(C)C(Oc6ccc(C#N)c(Cl)c6)C5(C)C)cn4)CC3)no2)C(C)C)cc1. The minimum atomic E-state index is -0.814. The number of hydrogen-bond donors (Lipinski definition) is 3. The van der Waals surface area contributed by atoms with Crippen LogP contribution >= 0.6 is 22.9 Å². The second-order valence-corrected chi connectivity index (χ2v) is 21.9. The van der Waals surface area contributed by atoms with Gasteiger partial charge >= 0.3 is 0 Å². The van der Waals surface area contributed by atoms with Crippen LogP contribution in [0.25, 0.3) is 10.4 Å². The molecule has 3 aliphatic rings.